The summed E-state index contributed by atoms with van der Waals surface area (Å²) >= 11 is 0.962. The van der Waals surface area contributed by atoms with Gasteiger partial charge in [-0.1, -0.05) is 79.1 Å². The predicted octanol–water partition coefficient (Wildman–Crippen LogP) is 4.87. The maximum Gasteiger partial charge on any atom is 0.305 e. The number of fused-ring (bicyclic) bond motifs is 1. The quantitative estimate of drug-likeness (QED) is 0.0784. The van der Waals surface area contributed by atoms with Gasteiger partial charge in [-0.25, -0.2) is 4.98 Å². The van der Waals surface area contributed by atoms with Gasteiger partial charge in [0.25, 0.3) is 5.91 Å². The van der Waals surface area contributed by atoms with Crippen molar-refractivity contribution in [1.82, 2.24) is 25.5 Å². The summed E-state index contributed by atoms with van der Waals surface area (Å²) in [6.45, 7) is 2.69. The lowest BCUT2D eigenvalue weighted by atomic mass is 9.73. The number of aromatic hydroxyl groups is 1. The Morgan fingerprint density at radius 1 is 1.06 bits per heavy atom. The predicted molar refractivity (Wildman–Crippen MR) is 198 cm³/mol. The first-order valence-electron chi connectivity index (χ1n) is 17.7. The Balaban J connectivity index is 0.935. The fourth-order valence-electron chi connectivity index (χ4n) is 6.97. The molecule has 5 aromatic rings. The summed E-state index contributed by atoms with van der Waals surface area (Å²) in [4.78, 5) is 33.8. The van der Waals surface area contributed by atoms with Gasteiger partial charge in [-0.05, 0) is 62.2 Å². The summed E-state index contributed by atoms with van der Waals surface area (Å²) in [5.41, 5.74) is 2.07. The zero-order valence-corrected chi connectivity index (χ0v) is 29.8. The van der Waals surface area contributed by atoms with Crippen molar-refractivity contribution in [2.24, 2.45) is 5.92 Å². The highest BCUT2D eigenvalue weighted by Gasteiger charge is 2.44. The monoisotopic (exact) mass is 713 g/mol. The number of thiazole rings is 1. The van der Waals surface area contributed by atoms with Crippen molar-refractivity contribution in [3.05, 3.63) is 116 Å². The first kappa shape index (κ1) is 36.5. The standard InChI is InChI=1S/C39H47N5O6S/c1-44(21-18-30-24-42-37(50-30)39(49,28-11-4-2-5-12-28)29-13-6-3-7-14-29)22-20-41-36(47)27-10-8-9-26(23-27)17-19-40-25-33(46)31-15-16-32(45)34-35(31)51-38(48)43-34/h2,4-5,8-12,15-16,23-24,29,33,40,45-46,49H,3,6-7,13-14,17-22,25H2,1H3,(H,41,47)(H,43,48)/t33-,39-/m0/s1. The molecule has 1 aliphatic carbocycles. The highest BCUT2D eigenvalue weighted by atomic mass is 32.1. The molecule has 0 aliphatic heterocycles. The molecule has 0 radical (unpaired) electrons. The van der Waals surface area contributed by atoms with E-state index in [1.807, 2.05) is 55.6 Å². The Morgan fingerprint density at radius 2 is 1.86 bits per heavy atom. The Bertz CT molecular complexity index is 1950. The number of phenolic OH excluding ortho intramolecular Hbond substituents is 1. The fraction of sp³-hybridized carbons (Fsp3) is 0.410. The number of oxazole rings is 1. The van der Waals surface area contributed by atoms with Gasteiger partial charge >= 0.3 is 4.87 Å². The summed E-state index contributed by atoms with van der Waals surface area (Å²) in [6, 6.07) is 20.4. The number of aliphatic hydroxyl groups is 2. The lowest BCUT2D eigenvalue weighted by molar-refractivity contribution is -0.0239. The Labute approximate surface area is 301 Å². The molecular weight excluding hydrogens is 667 g/mol. The van der Waals surface area contributed by atoms with Crippen LogP contribution < -0.4 is 15.5 Å². The summed E-state index contributed by atoms with van der Waals surface area (Å²) in [5.74, 6) is 0.993. The van der Waals surface area contributed by atoms with Gasteiger partial charge in [-0.15, -0.1) is 0 Å². The molecule has 11 nitrogen and oxygen atoms in total. The normalized spacial score (nSPS) is 15.6. The van der Waals surface area contributed by atoms with Crippen molar-refractivity contribution >= 4 is 27.5 Å². The Kier molecular flexibility index (Phi) is 12.0. The molecular formula is C39H47N5O6S. The molecule has 3 aromatic carbocycles. The van der Waals surface area contributed by atoms with Gasteiger partial charge in [-0.3, -0.25) is 9.59 Å². The van der Waals surface area contributed by atoms with Crippen LogP contribution in [0, 0.1) is 5.92 Å². The molecule has 1 saturated carbocycles. The van der Waals surface area contributed by atoms with E-state index in [0.29, 0.717) is 66.3 Å². The van der Waals surface area contributed by atoms with Gasteiger partial charge < -0.3 is 40.3 Å². The number of rotatable bonds is 16. The van der Waals surface area contributed by atoms with Crippen molar-refractivity contribution in [2.45, 2.75) is 56.7 Å². The summed E-state index contributed by atoms with van der Waals surface area (Å²) in [5, 5.41) is 39.1. The molecule has 6 N–H and O–H groups in total. The molecule has 0 unspecified atom stereocenters. The van der Waals surface area contributed by atoms with E-state index in [2.05, 4.69) is 25.5 Å². The molecule has 0 bridgehead atoms. The molecule has 2 aromatic heterocycles. The number of benzene rings is 3. The van der Waals surface area contributed by atoms with E-state index in [1.165, 1.54) is 12.5 Å². The number of carbonyl (C=O) groups is 1. The number of nitrogens with one attached hydrogen (secondary N) is 3. The number of aromatic nitrogens is 2. The van der Waals surface area contributed by atoms with E-state index in [9.17, 15) is 24.9 Å². The second-order valence-electron chi connectivity index (χ2n) is 13.5. The molecule has 0 saturated heterocycles. The van der Waals surface area contributed by atoms with E-state index in [4.69, 9.17) is 4.42 Å². The molecule has 12 heteroatoms. The zero-order valence-electron chi connectivity index (χ0n) is 28.9. The third kappa shape index (κ3) is 8.77. The van der Waals surface area contributed by atoms with Crippen LogP contribution in [-0.4, -0.2) is 75.9 Å². The average Bonchev–Trinajstić information content (AvgIpc) is 3.80. The van der Waals surface area contributed by atoms with Gasteiger partial charge in [0, 0.05) is 49.6 Å². The van der Waals surface area contributed by atoms with Crippen molar-refractivity contribution in [2.75, 3.05) is 39.8 Å². The van der Waals surface area contributed by atoms with E-state index in [-0.39, 0.29) is 29.0 Å². The second-order valence-corrected chi connectivity index (χ2v) is 14.5. The minimum atomic E-state index is -1.25. The minimum Gasteiger partial charge on any atom is -0.506 e. The molecule has 0 spiro atoms. The number of H-pyrrole nitrogens is 1. The number of hydrogen-bond donors (Lipinski definition) is 6. The maximum atomic E-state index is 12.9. The number of likely N-dealkylation sites (N-methyl/N-ethyl adjacent to an activating group) is 1. The van der Waals surface area contributed by atoms with E-state index < -0.39 is 11.7 Å². The molecule has 51 heavy (non-hydrogen) atoms. The van der Waals surface area contributed by atoms with Crippen LogP contribution in [0.15, 0.2) is 82.1 Å². The van der Waals surface area contributed by atoms with Crippen molar-refractivity contribution < 1.29 is 24.5 Å². The molecule has 2 atom stereocenters. The molecule has 6 rings (SSSR count). The summed E-state index contributed by atoms with van der Waals surface area (Å²) in [6.07, 6.45) is 7.44. The topological polar surface area (TPSA) is 164 Å². The number of nitrogens with zero attached hydrogens (tertiary/aromatic N) is 2. The summed E-state index contributed by atoms with van der Waals surface area (Å²) in [7, 11) is 2.00. The van der Waals surface area contributed by atoms with Crippen LogP contribution in [0.1, 0.15) is 76.9 Å². The van der Waals surface area contributed by atoms with E-state index >= 15 is 0 Å². The van der Waals surface area contributed by atoms with Crippen LogP contribution in [0.5, 0.6) is 5.75 Å². The molecule has 1 fully saturated rings. The van der Waals surface area contributed by atoms with Gasteiger partial charge in [0.15, 0.2) is 5.60 Å². The van der Waals surface area contributed by atoms with Crippen LogP contribution in [0.2, 0.25) is 0 Å². The van der Waals surface area contributed by atoms with E-state index in [1.54, 1.807) is 18.3 Å². The average molecular weight is 714 g/mol. The van der Waals surface area contributed by atoms with Crippen LogP contribution >= 0.6 is 11.3 Å². The molecule has 2 heterocycles. The maximum absolute atomic E-state index is 12.9. The number of carbonyl (C=O) groups excluding carboxylic acids is 1. The third-order valence-electron chi connectivity index (χ3n) is 9.87. The molecule has 1 aliphatic rings. The van der Waals surface area contributed by atoms with Gasteiger partial charge in [-0.2, -0.15) is 0 Å². The highest BCUT2D eigenvalue weighted by molar-refractivity contribution is 7.16. The van der Waals surface area contributed by atoms with Crippen molar-refractivity contribution in [3.63, 3.8) is 0 Å². The van der Waals surface area contributed by atoms with Gasteiger partial charge in [0.1, 0.15) is 17.0 Å². The largest absolute Gasteiger partial charge is 0.506 e. The third-order valence-corrected chi connectivity index (χ3v) is 10.8. The lowest BCUT2D eigenvalue weighted by Gasteiger charge is -2.36. The SMILES string of the molecule is CN(CCNC(=O)c1cccc(CCNC[C@H](O)c2ccc(O)c3[nH]c(=O)sc23)c1)CCc1cnc([C@](O)(c2ccccc2)C2CCCCC2)o1. The minimum absolute atomic E-state index is 0.0243. The van der Waals surface area contributed by atoms with E-state index in [0.717, 1.165) is 53.9 Å². The Morgan fingerprint density at radius 3 is 2.67 bits per heavy atom. The number of aliphatic hydroxyl groups excluding tert-OH is 1. The number of amides is 1. The van der Waals surface area contributed by atoms with Crippen LogP contribution in [-0.2, 0) is 18.4 Å². The Hall–Kier alpha value is -4.33. The van der Waals surface area contributed by atoms with Crippen molar-refractivity contribution in [3.8, 4) is 5.75 Å². The number of phenols is 1. The second kappa shape index (κ2) is 16.8. The summed E-state index contributed by atoms with van der Waals surface area (Å²) < 4.78 is 6.76. The van der Waals surface area contributed by atoms with Crippen LogP contribution in [0.4, 0.5) is 0 Å². The fourth-order valence-corrected chi connectivity index (χ4v) is 7.89. The lowest BCUT2D eigenvalue weighted by Crippen LogP contribution is -2.38. The first-order valence-corrected chi connectivity index (χ1v) is 18.6. The molecule has 270 valence electrons. The first-order chi connectivity index (χ1) is 24.7. The zero-order chi connectivity index (χ0) is 35.8. The van der Waals surface area contributed by atoms with Gasteiger partial charge in [0.2, 0.25) is 5.89 Å². The smallest absolute Gasteiger partial charge is 0.305 e. The number of hydrogen-bond acceptors (Lipinski definition) is 10. The molecule has 1 amide bonds. The van der Waals surface area contributed by atoms with Crippen LogP contribution in [0.3, 0.4) is 0 Å². The highest BCUT2D eigenvalue weighted by Crippen LogP contribution is 2.43. The van der Waals surface area contributed by atoms with Crippen molar-refractivity contribution in [1.29, 1.82) is 0 Å². The number of aromatic amines is 1. The van der Waals surface area contributed by atoms with Gasteiger partial charge in [0.05, 0.1) is 17.0 Å². The van der Waals surface area contributed by atoms with Crippen LogP contribution in [0.25, 0.3) is 10.2 Å².